The van der Waals surface area contributed by atoms with Crippen molar-refractivity contribution in [1.82, 2.24) is 4.98 Å². The Hall–Kier alpha value is -6.31. The van der Waals surface area contributed by atoms with Crippen molar-refractivity contribution in [2.75, 3.05) is 0 Å². The minimum atomic E-state index is -0.0610. The molecule has 1 nitrogen and oxygen atoms in total. The molecule has 0 N–H and O–H groups in total. The molecular weight excluding hydrogens is 615 g/mol. The molecule has 1 heterocycles. The second-order valence-corrected chi connectivity index (χ2v) is 13.7. The molecule has 0 unspecified atom stereocenters. The van der Waals surface area contributed by atoms with Crippen LogP contribution in [0.2, 0.25) is 0 Å². The second-order valence-electron chi connectivity index (χ2n) is 13.7. The van der Waals surface area contributed by atoms with Crippen molar-refractivity contribution in [2.24, 2.45) is 0 Å². The highest BCUT2D eigenvalue weighted by atomic mass is 14.7. The lowest BCUT2D eigenvalue weighted by Gasteiger charge is -2.26. The van der Waals surface area contributed by atoms with Crippen LogP contribution in [-0.4, -0.2) is 4.98 Å². The topological polar surface area (TPSA) is 12.9 Å². The monoisotopic (exact) mass is 653 g/mol. The molecule has 0 fully saturated rings. The molecule has 0 amide bonds. The van der Waals surface area contributed by atoms with E-state index in [2.05, 4.69) is 202 Å². The third-order valence-corrected chi connectivity index (χ3v) is 10.1. The largest absolute Gasteiger partial charge is 0.256 e. The Morgan fingerprint density at radius 3 is 1.12 bits per heavy atom. The van der Waals surface area contributed by atoms with E-state index in [4.69, 9.17) is 4.98 Å². The summed E-state index contributed by atoms with van der Waals surface area (Å²) in [5.74, 6) is 0. The SMILES string of the molecule is CC(C)(c1ccccc1)c1ccc(-c2cccc(-c3cccc(-c4cccc(-c5cccc(-c6ccc(-c7ccccc7)cn6)c5)c4)c3)c2)cc1. The zero-order valence-electron chi connectivity index (χ0n) is 29.0. The highest BCUT2D eigenvalue weighted by molar-refractivity contribution is 5.80. The van der Waals surface area contributed by atoms with Gasteiger partial charge in [-0.2, -0.15) is 0 Å². The van der Waals surface area contributed by atoms with E-state index in [0.29, 0.717) is 0 Å². The fraction of sp³-hybridized carbons (Fsp3) is 0.0600. The molecule has 0 aliphatic heterocycles. The molecule has 0 aliphatic rings. The number of benzene rings is 7. The maximum absolute atomic E-state index is 4.81. The third kappa shape index (κ3) is 6.80. The smallest absolute Gasteiger partial charge is 0.0702 e. The molecule has 8 aromatic rings. The molecule has 0 spiro atoms. The Morgan fingerprint density at radius 2 is 0.647 bits per heavy atom. The number of hydrogen-bond acceptors (Lipinski definition) is 1. The second kappa shape index (κ2) is 13.9. The van der Waals surface area contributed by atoms with Gasteiger partial charge in [0.15, 0.2) is 0 Å². The molecule has 0 bridgehead atoms. The van der Waals surface area contributed by atoms with E-state index < -0.39 is 0 Å². The summed E-state index contributed by atoms with van der Waals surface area (Å²) in [5, 5.41) is 0. The lowest BCUT2D eigenvalue weighted by molar-refractivity contribution is 0.641. The van der Waals surface area contributed by atoms with Gasteiger partial charge >= 0.3 is 0 Å². The third-order valence-electron chi connectivity index (χ3n) is 10.1. The molecule has 1 aromatic heterocycles. The molecule has 244 valence electrons. The fourth-order valence-corrected chi connectivity index (χ4v) is 6.96. The first-order chi connectivity index (χ1) is 25.0. The van der Waals surface area contributed by atoms with Gasteiger partial charge in [-0.1, -0.05) is 178 Å². The molecule has 0 radical (unpaired) electrons. The van der Waals surface area contributed by atoms with Gasteiger partial charge < -0.3 is 0 Å². The zero-order chi connectivity index (χ0) is 34.6. The number of hydrogen-bond donors (Lipinski definition) is 0. The van der Waals surface area contributed by atoms with Crippen molar-refractivity contribution in [3.63, 3.8) is 0 Å². The van der Waals surface area contributed by atoms with E-state index in [-0.39, 0.29) is 5.41 Å². The Labute approximate surface area is 301 Å². The van der Waals surface area contributed by atoms with E-state index >= 15 is 0 Å². The summed E-state index contributed by atoms with van der Waals surface area (Å²) >= 11 is 0. The van der Waals surface area contributed by atoms with E-state index in [1.807, 2.05) is 12.3 Å². The zero-order valence-corrected chi connectivity index (χ0v) is 29.0. The van der Waals surface area contributed by atoms with E-state index in [9.17, 15) is 0 Å². The van der Waals surface area contributed by atoms with Crippen molar-refractivity contribution < 1.29 is 0 Å². The van der Waals surface area contributed by atoms with Crippen molar-refractivity contribution in [2.45, 2.75) is 19.3 Å². The summed E-state index contributed by atoms with van der Waals surface area (Å²) in [4.78, 5) is 4.81. The van der Waals surface area contributed by atoms with Crippen molar-refractivity contribution in [1.29, 1.82) is 0 Å². The van der Waals surface area contributed by atoms with Crippen LogP contribution in [0.5, 0.6) is 0 Å². The van der Waals surface area contributed by atoms with Crippen LogP contribution in [-0.2, 0) is 5.41 Å². The Bertz CT molecular complexity index is 2400. The van der Waals surface area contributed by atoms with Crippen LogP contribution in [0.1, 0.15) is 25.0 Å². The predicted octanol–water partition coefficient (Wildman–Crippen LogP) is 13.4. The highest BCUT2D eigenvalue weighted by Gasteiger charge is 2.22. The lowest BCUT2D eigenvalue weighted by atomic mass is 9.78. The first-order valence-electron chi connectivity index (χ1n) is 17.6. The fourth-order valence-electron chi connectivity index (χ4n) is 6.96. The van der Waals surface area contributed by atoms with E-state index in [1.165, 1.54) is 61.2 Å². The first kappa shape index (κ1) is 31.9. The van der Waals surface area contributed by atoms with E-state index in [0.717, 1.165) is 16.8 Å². The molecule has 7 aromatic carbocycles. The Morgan fingerprint density at radius 1 is 0.294 bits per heavy atom. The molecule has 8 rings (SSSR count). The van der Waals surface area contributed by atoms with Gasteiger partial charge in [0, 0.05) is 22.7 Å². The van der Waals surface area contributed by atoms with Crippen LogP contribution in [0.3, 0.4) is 0 Å². The van der Waals surface area contributed by atoms with Crippen LogP contribution in [0.15, 0.2) is 200 Å². The molecule has 0 aliphatic carbocycles. The summed E-state index contributed by atoms with van der Waals surface area (Å²) in [6, 6.07) is 69.7. The molecule has 1 heteroatoms. The average Bonchev–Trinajstić information content (AvgIpc) is 3.22. The summed E-state index contributed by atoms with van der Waals surface area (Å²) in [5.41, 5.74) is 16.5. The van der Waals surface area contributed by atoms with Gasteiger partial charge in [-0.15, -0.1) is 0 Å². The minimum absolute atomic E-state index is 0.0610. The minimum Gasteiger partial charge on any atom is -0.256 e. The van der Waals surface area contributed by atoms with Gasteiger partial charge in [0.25, 0.3) is 0 Å². The average molecular weight is 654 g/mol. The van der Waals surface area contributed by atoms with Crippen molar-refractivity contribution in [3.8, 4) is 66.9 Å². The summed E-state index contributed by atoms with van der Waals surface area (Å²) < 4.78 is 0. The standard InChI is InChI=1S/C50H39N/c1-50(2,47-23-7-4-8-24-47)48-28-25-37(26-29-48)38-15-9-16-39(31-38)40-17-10-18-41(32-40)42-19-11-20-43(33-42)44-21-12-22-45(34-44)49-30-27-46(35-51-49)36-13-5-3-6-14-36/h3-35H,1-2H3. The van der Waals surface area contributed by atoms with Crippen LogP contribution < -0.4 is 0 Å². The molecule has 0 atom stereocenters. The van der Waals surface area contributed by atoms with Gasteiger partial charge in [-0.3, -0.25) is 4.98 Å². The quantitative estimate of drug-likeness (QED) is 0.159. The van der Waals surface area contributed by atoms with Crippen LogP contribution in [0.4, 0.5) is 0 Å². The van der Waals surface area contributed by atoms with E-state index in [1.54, 1.807) is 0 Å². The molecule has 51 heavy (non-hydrogen) atoms. The Balaban J connectivity index is 1.03. The summed E-state index contributed by atoms with van der Waals surface area (Å²) in [7, 11) is 0. The molecule has 0 saturated heterocycles. The number of pyridine rings is 1. The van der Waals surface area contributed by atoms with Crippen LogP contribution in [0, 0.1) is 0 Å². The van der Waals surface area contributed by atoms with Gasteiger partial charge in [-0.25, -0.2) is 0 Å². The van der Waals surface area contributed by atoms with Crippen LogP contribution >= 0.6 is 0 Å². The predicted molar refractivity (Wildman–Crippen MR) is 215 cm³/mol. The van der Waals surface area contributed by atoms with Crippen molar-refractivity contribution in [3.05, 3.63) is 211 Å². The summed E-state index contributed by atoms with van der Waals surface area (Å²) in [6.45, 7) is 4.59. The highest BCUT2D eigenvalue weighted by Crippen LogP contribution is 2.35. The number of rotatable bonds is 8. The van der Waals surface area contributed by atoms with Gasteiger partial charge in [0.05, 0.1) is 5.69 Å². The maximum atomic E-state index is 4.81. The first-order valence-corrected chi connectivity index (χ1v) is 17.6. The van der Waals surface area contributed by atoms with Crippen molar-refractivity contribution >= 4 is 0 Å². The normalized spacial score (nSPS) is 11.3. The van der Waals surface area contributed by atoms with Gasteiger partial charge in [0.1, 0.15) is 0 Å². The molecule has 0 saturated carbocycles. The van der Waals surface area contributed by atoms with Gasteiger partial charge in [0.2, 0.25) is 0 Å². The Kier molecular flexibility index (Phi) is 8.70. The van der Waals surface area contributed by atoms with Crippen LogP contribution in [0.25, 0.3) is 66.9 Å². The number of nitrogens with zero attached hydrogens (tertiary/aromatic N) is 1. The lowest BCUT2D eigenvalue weighted by Crippen LogP contribution is -2.18. The summed E-state index contributed by atoms with van der Waals surface area (Å²) in [6.07, 6.45) is 1.96. The van der Waals surface area contributed by atoms with Gasteiger partial charge in [-0.05, 0) is 91.5 Å². The maximum Gasteiger partial charge on any atom is 0.0702 e. The molecular formula is C50H39N. The number of aromatic nitrogens is 1.